The van der Waals surface area contributed by atoms with Crippen molar-refractivity contribution in [3.63, 3.8) is 0 Å². The summed E-state index contributed by atoms with van der Waals surface area (Å²) in [6, 6.07) is 0. The highest BCUT2D eigenvalue weighted by molar-refractivity contribution is 5.73. The van der Waals surface area contributed by atoms with Crippen LogP contribution in [0, 0.1) is 5.92 Å². The predicted molar refractivity (Wildman–Crippen MR) is 103 cm³/mol. The van der Waals surface area contributed by atoms with Gasteiger partial charge < -0.3 is 24.1 Å². The molecule has 29 heavy (non-hydrogen) atoms. The molecule has 0 fully saturated rings. The summed E-state index contributed by atoms with van der Waals surface area (Å²) in [6.45, 7) is 4.94. The first-order valence-electron chi connectivity index (χ1n) is 10.1. The van der Waals surface area contributed by atoms with Crippen molar-refractivity contribution in [2.45, 2.75) is 84.7 Å². The molecule has 0 spiro atoms. The lowest BCUT2D eigenvalue weighted by Gasteiger charge is -2.18. The Hall–Kier alpha value is -2.32. The summed E-state index contributed by atoms with van der Waals surface area (Å²) in [6.07, 6.45) is 3.89. The number of rotatable bonds is 16. The van der Waals surface area contributed by atoms with Crippen molar-refractivity contribution in [2.75, 3.05) is 13.4 Å². The molecule has 0 saturated carbocycles. The fourth-order valence-corrected chi connectivity index (χ4v) is 2.45. The number of carboxylic acid groups (broad SMARTS) is 1. The van der Waals surface area contributed by atoms with Crippen LogP contribution in [0.15, 0.2) is 0 Å². The van der Waals surface area contributed by atoms with Gasteiger partial charge in [0, 0.05) is 19.3 Å². The summed E-state index contributed by atoms with van der Waals surface area (Å²) in [7, 11) is 0. The van der Waals surface area contributed by atoms with Crippen molar-refractivity contribution in [2.24, 2.45) is 5.92 Å². The van der Waals surface area contributed by atoms with Crippen molar-refractivity contribution >= 4 is 24.1 Å². The summed E-state index contributed by atoms with van der Waals surface area (Å²) in [5.41, 5.74) is 0. The molecule has 0 rings (SSSR count). The van der Waals surface area contributed by atoms with Gasteiger partial charge in [-0.15, -0.1) is 0 Å². The van der Waals surface area contributed by atoms with Gasteiger partial charge >= 0.3 is 24.1 Å². The Morgan fingerprint density at radius 1 is 0.828 bits per heavy atom. The summed E-state index contributed by atoms with van der Waals surface area (Å²) < 4.78 is 19.1. The second-order valence-electron chi connectivity index (χ2n) is 6.93. The van der Waals surface area contributed by atoms with Crippen LogP contribution in [0.4, 0.5) is 4.79 Å². The zero-order chi connectivity index (χ0) is 22.1. The minimum Gasteiger partial charge on any atom is -0.462 e. The lowest BCUT2D eigenvalue weighted by Crippen LogP contribution is -2.26. The van der Waals surface area contributed by atoms with E-state index in [1.807, 2.05) is 6.92 Å². The maximum Gasteiger partial charge on any atom is 0.508 e. The van der Waals surface area contributed by atoms with Gasteiger partial charge in [-0.05, 0) is 18.8 Å². The summed E-state index contributed by atoms with van der Waals surface area (Å²) >= 11 is 0. The maximum absolute atomic E-state index is 12.0. The molecule has 2 atom stereocenters. The molecule has 1 N–H and O–H groups in total. The van der Waals surface area contributed by atoms with E-state index in [0.29, 0.717) is 12.8 Å². The monoisotopic (exact) mass is 418 g/mol. The molecule has 9 heteroatoms. The molecule has 9 nitrogen and oxygen atoms in total. The van der Waals surface area contributed by atoms with Crippen molar-refractivity contribution in [3.8, 4) is 0 Å². The lowest BCUT2D eigenvalue weighted by molar-refractivity contribution is -0.161. The Kier molecular flexibility index (Phi) is 15.3. The molecular weight excluding hydrogens is 384 g/mol. The molecule has 0 bridgehead atoms. The minimum absolute atomic E-state index is 0.0129. The van der Waals surface area contributed by atoms with E-state index >= 15 is 0 Å². The van der Waals surface area contributed by atoms with Crippen LogP contribution < -0.4 is 0 Å². The molecular formula is C20H34O9. The van der Waals surface area contributed by atoms with Crippen LogP contribution in [-0.4, -0.2) is 48.7 Å². The Morgan fingerprint density at radius 2 is 1.48 bits per heavy atom. The fourth-order valence-electron chi connectivity index (χ4n) is 2.45. The standard InChI is InChI=1S/C20H34O9/c1-4-6-7-8-9-10-17(21)26-13-16(5-2)29-19(23)12-15(3)11-18(22)27-14-28-20(24)25/h15-16H,4-14H2,1-3H3,(H,24,25). The maximum atomic E-state index is 12.0. The van der Waals surface area contributed by atoms with Crippen LogP contribution >= 0.6 is 0 Å². The molecule has 0 aliphatic rings. The second-order valence-corrected chi connectivity index (χ2v) is 6.93. The van der Waals surface area contributed by atoms with E-state index in [1.165, 1.54) is 0 Å². The van der Waals surface area contributed by atoms with Crippen molar-refractivity contribution in [1.82, 2.24) is 0 Å². The zero-order valence-corrected chi connectivity index (χ0v) is 17.6. The normalized spacial score (nSPS) is 12.5. The Morgan fingerprint density at radius 3 is 2.10 bits per heavy atom. The average molecular weight is 418 g/mol. The van der Waals surface area contributed by atoms with E-state index in [0.717, 1.165) is 32.1 Å². The van der Waals surface area contributed by atoms with Crippen molar-refractivity contribution in [3.05, 3.63) is 0 Å². The first kappa shape index (κ1) is 26.7. The van der Waals surface area contributed by atoms with E-state index in [9.17, 15) is 19.2 Å². The van der Waals surface area contributed by atoms with Gasteiger partial charge in [0.1, 0.15) is 12.7 Å². The summed E-state index contributed by atoms with van der Waals surface area (Å²) in [5.74, 6) is -1.83. The molecule has 0 aromatic carbocycles. The van der Waals surface area contributed by atoms with E-state index in [4.69, 9.17) is 14.6 Å². The zero-order valence-electron chi connectivity index (χ0n) is 17.6. The van der Waals surface area contributed by atoms with Gasteiger partial charge in [-0.1, -0.05) is 46.5 Å². The smallest absolute Gasteiger partial charge is 0.462 e. The number of unbranched alkanes of at least 4 members (excludes halogenated alkanes) is 4. The third-order valence-corrected chi connectivity index (χ3v) is 4.10. The van der Waals surface area contributed by atoms with Crippen molar-refractivity contribution in [1.29, 1.82) is 0 Å². The van der Waals surface area contributed by atoms with Crippen molar-refractivity contribution < 1.29 is 43.2 Å². The first-order valence-corrected chi connectivity index (χ1v) is 10.1. The molecule has 168 valence electrons. The highest BCUT2D eigenvalue weighted by Crippen LogP contribution is 2.12. The van der Waals surface area contributed by atoms with E-state index < -0.39 is 31.0 Å². The number of hydrogen-bond donors (Lipinski definition) is 1. The fraction of sp³-hybridized carbons (Fsp3) is 0.800. The molecule has 0 aromatic heterocycles. The molecule has 0 aliphatic heterocycles. The SMILES string of the molecule is CCCCCCCC(=O)OCC(CC)OC(=O)CC(C)CC(=O)OCOC(=O)O. The molecule has 0 amide bonds. The van der Waals surface area contributed by atoms with Crippen LogP contribution in [0.5, 0.6) is 0 Å². The highest BCUT2D eigenvalue weighted by atomic mass is 16.7. The molecule has 0 aromatic rings. The van der Waals surface area contributed by atoms with Crippen LogP contribution in [0.25, 0.3) is 0 Å². The van der Waals surface area contributed by atoms with Crippen LogP contribution in [0.1, 0.15) is 78.6 Å². The predicted octanol–water partition coefficient (Wildman–Crippen LogP) is 3.82. The van der Waals surface area contributed by atoms with E-state index in [2.05, 4.69) is 16.4 Å². The largest absolute Gasteiger partial charge is 0.508 e. The van der Waals surface area contributed by atoms with Crippen LogP contribution in [0.3, 0.4) is 0 Å². The summed E-state index contributed by atoms with van der Waals surface area (Å²) in [5, 5.41) is 8.28. The van der Waals surface area contributed by atoms with E-state index in [1.54, 1.807) is 6.92 Å². The minimum atomic E-state index is -1.54. The van der Waals surface area contributed by atoms with Gasteiger partial charge in [0.05, 0.1) is 0 Å². The molecule has 2 unspecified atom stereocenters. The average Bonchev–Trinajstić information content (AvgIpc) is 2.64. The van der Waals surface area contributed by atoms with E-state index in [-0.39, 0.29) is 31.3 Å². The van der Waals surface area contributed by atoms with Gasteiger partial charge in [0.2, 0.25) is 6.79 Å². The molecule has 0 heterocycles. The number of hydrogen-bond acceptors (Lipinski definition) is 8. The third-order valence-electron chi connectivity index (χ3n) is 4.10. The summed E-state index contributed by atoms with van der Waals surface area (Å²) in [4.78, 5) is 45.4. The lowest BCUT2D eigenvalue weighted by atomic mass is 10.0. The number of carbonyl (C=O) groups excluding carboxylic acids is 3. The third kappa shape index (κ3) is 16.3. The quantitative estimate of drug-likeness (QED) is 0.172. The Balaban J connectivity index is 4.04. The topological polar surface area (TPSA) is 125 Å². The molecule has 0 radical (unpaired) electrons. The van der Waals surface area contributed by atoms with Gasteiger partial charge in [0.15, 0.2) is 0 Å². The highest BCUT2D eigenvalue weighted by Gasteiger charge is 2.19. The number of esters is 3. The Bertz CT molecular complexity index is 504. The van der Waals surface area contributed by atoms with Gasteiger partial charge in [-0.25, -0.2) is 4.79 Å². The van der Waals surface area contributed by atoms with Gasteiger partial charge in [0.25, 0.3) is 0 Å². The second kappa shape index (κ2) is 16.6. The Labute approximate surface area is 172 Å². The molecule has 0 saturated heterocycles. The van der Waals surface area contributed by atoms with Crippen LogP contribution in [-0.2, 0) is 33.3 Å². The number of carbonyl (C=O) groups is 4. The molecule has 0 aliphatic carbocycles. The van der Waals surface area contributed by atoms with Gasteiger partial charge in [-0.3, -0.25) is 14.4 Å². The van der Waals surface area contributed by atoms with Crippen LogP contribution in [0.2, 0.25) is 0 Å². The number of ether oxygens (including phenoxy) is 4. The van der Waals surface area contributed by atoms with Gasteiger partial charge in [-0.2, -0.15) is 0 Å². The first-order chi connectivity index (χ1) is 13.8.